The zero-order valence-corrected chi connectivity index (χ0v) is 15.4. The maximum Gasteiger partial charge on any atom is 0.338 e. The van der Waals surface area contributed by atoms with Crippen LogP contribution in [0.2, 0.25) is 5.02 Å². The number of hydrogen-bond donors (Lipinski definition) is 1. The van der Waals surface area contributed by atoms with Crippen LogP contribution < -0.4 is 0 Å². The lowest BCUT2D eigenvalue weighted by atomic mass is 9.89. The van der Waals surface area contributed by atoms with Crippen LogP contribution >= 0.6 is 11.6 Å². The number of hydrogen-bond acceptors (Lipinski definition) is 5. The summed E-state index contributed by atoms with van der Waals surface area (Å²) in [6.45, 7) is 1.31. The summed E-state index contributed by atoms with van der Waals surface area (Å²) >= 11 is 6.16. The number of ether oxygens (including phenoxy) is 1. The van der Waals surface area contributed by atoms with Crippen LogP contribution in [0.25, 0.3) is 0 Å². The predicted octanol–water partition coefficient (Wildman–Crippen LogP) is 3.47. The Morgan fingerprint density at radius 1 is 1.25 bits per heavy atom. The van der Waals surface area contributed by atoms with Crippen LogP contribution in [-0.4, -0.2) is 31.8 Å². The number of benzene rings is 2. The van der Waals surface area contributed by atoms with Crippen molar-refractivity contribution in [1.82, 2.24) is 14.8 Å². The first kappa shape index (κ1) is 19.5. The predicted molar refractivity (Wildman–Crippen MR) is 97.3 cm³/mol. The fourth-order valence-corrected chi connectivity index (χ4v) is 2.99. The first-order valence-corrected chi connectivity index (χ1v) is 8.51. The number of esters is 1. The van der Waals surface area contributed by atoms with E-state index in [1.165, 1.54) is 31.5 Å². The molecule has 9 heteroatoms. The minimum atomic E-state index is -1.90. The Balaban J connectivity index is 2.13. The quantitative estimate of drug-likeness (QED) is 0.633. The number of aliphatic carboxylic acids is 1. The molecule has 144 valence electrons. The first-order valence-electron chi connectivity index (χ1n) is 8.13. The molecule has 0 radical (unpaired) electrons. The van der Waals surface area contributed by atoms with Crippen molar-refractivity contribution in [3.05, 3.63) is 83.2 Å². The van der Waals surface area contributed by atoms with E-state index >= 15 is 0 Å². The Kier molecular flexibility index (Phi) is 5.41. The van der Waals surface area contributed by atoms with Crippen molar-refractivity contribution in [3.63, 3.8) is 0 Å². The van der Waals surface area contributed by atoms with E-state index in [0.717, 1.165) is 23.1 Å². The van der Waals surface area contributed by atoms with E-state index in [4.69, 9.17) is 16.3 Å². The molecule has 0 amide bonds. The second-order valence-corrected chi connectivity index (χ2v) is 6.52. The molecule has 2 aromatic carbocycles. The fourth-order valence-electron chi connectivity index (χ4n) is 2.72. The van der Waals surface area contributed by atoms with Gasteiger partial charge in [-0.05, 0) is 31.2 Å². The number of carboxylic acids is 1. The molecule has 2 unspecified atom stereocenters. The number of halogens is 2. The van der Waals surface area contributed by atoms with Crippen molar-refractivity contribution in [2.45, 2.75) is 18.6 Å². The van der Waals surface area contributed by atoms with Gasteiger partial charge in [-0.2, -0.15) is 5.10 Å². The Labute approximate surface area is 164 Å². The third-order valence-electron chi connectivity index (χ3n) is 4.32. The minimum Gasteiger partial charge on any atom is -0.479 e. The molecule has 2 atom stereocenters. The molecule has 1 heterocycles. The fraction of sp³-hybridized carbons (Fsp3) is 0.158. The van der Waals surface area contributed by atoms with Gasteiger partial charge in [0, 0.05) is 5.56 Å². The molecule has 0 aliphatic heterocycles. The average Bonchev–Trinajstić information content (AvgIpc) is 3.21. The number of rotatable bonds is 6. The number of carbonyl (C=O) groups excluding carboxylic acids is 1. The summed E-state index contributed by atoms with van der Waals surface area (Å²) < 4.78 is 20.2. The number of carbonyl (C=O) groups is 2. The molecule has 0 fully saturated rings. The molecule has 0 aliphatic carbocycles. The van der Waals surface area contributed by atoms with Gasteiger partial charge < -0.3 is 9.84 Å². The summed E-state index contributed by atoms with van der Waals surface area (Å²) in [6, 6.07) is 11.5. The summed E-state index contributed by atoms with van der Waals surface area (Å²) in [5, 5.41) is 13.8. The molecule has 3 aromatic rings. The van der Waals surface area contributed by atoms with Gasteiger partial charge in [0.1, 0.15) is 18.5 Å². The maximum absolute atomic E-state index is 13.5. The molecule has 0 saturated carbocycles. The third kappa shape index (κ3) is 3.59. The maximum atomic E-state index is 13.5. The second-order valence-electron chi connectivity index (χ2n) is 6.11. The van der Waals surface area contributed by atoms with Crippen LogP contribution in [-0.2, 0) is 15.1 Å². The summed E-state index contributed by atoms with van der Waals surface area (Å²) in [5.74, 6) is -2.72. The molecule has 3 rings (SSSR count). The Bertz CT molecular complexity index is 998. The summed E-state index contributed by atoms with van der Waals surface area (Å²) in [6.07, 6.45) is 0.922. The number of nitrogens with zero attached hydrogens (tertiary/aromatic N) is 3. The monoisotopic (exact) mass is 403 g/mol. The largest absolute Gasteiger partial charge is 0.479 e. The van der Waals surface area contributed by atoms with E-state index in [1.807, 2.05) is 0 Å². The standard InChI is InChI=1S/C19H15ClFN3O4/c1-19(18(26)27,24-11-22-10-23-24)16(14-8-7-13(21)9-15(14)20)28-17(25)12-5-3-2-4-6-12/h2-11,16H,1H3,(H,26,27). The van der Waals surface area contributed by atoms with Gasteiger partial charge in [0.05, 0.1) is 10.6 Å². The minimum absolute atomic E-state index is 0.0848. The van der Waals surface area contributed by atoms with Gasteiger partial charge in [-0.3, -0.25) is 0 Å². The van der Waals surface area contributed by atoms with Crippen molar-refractivity contribution in [2.75, 3.05) is 0 Å². The Hall–Kier alpha value is -3.26. The van der Waals surface area contributed by atoms with Gasteiger partial charge in [0.25, 0.3) is 0 Å². The highest BCUT2D eigenvalue weighted by Gasteiger charge is 2.49. The number of aromatic nitrogens is 3. The molecule has 0 saturated heterocycles. The van der Waals surface area contributed by atoms with Crippen molar-refractivity contribution < 1.29 is 23.8 Å². The Morgan fingerprint density at radius 2 is 1.96 bits per heavy atom. The van der Waals surface area contributed by atoms with E-state index in [0.29, 0.717) is 0 Å². The normalized spacial score (nSPS) is 14.1. The topological polar surface area (TPSA) is 94.3 Å². The van der Waals surface area contributed by atoms with Gasteiger partial charge in [-0.25, -0.2) is 23.6 Å². The summed E-state index contributed by atoms with van der Waals surface area (Å²) in [4.78, 5) is 28.7. The van der Waals surface area contributed by atoms with Crippen LogP contribution in [0, 0.1) is 5.82 Å². The molecular formula is C19H15ClFN3O4. The highest BCUT2D eigenvalue weighted by molar-refractivity contribution is 6.31. The van der Waals surface area contributed by atoms with Crippen molar-refractivity contribution in [2.24, 2.45) is 0 Å². The van der Waals surface area contributed by atoms with Gasteiger partial charge in [-0.1, -0.05) is 35.9 Å². The van der Waals surface area contributed by atoms with E-state index in [-0.39, 0.29) is 16.1 Å². The molecule has 0 bridgehead atoms. The molecule has 7 nitrogen and oxygen atoms in total. The lowest BCUT2D eigenvalue weighted by molar-refractivity contribution is -0.154. The van der Waals surface area contributed by atoms with Crippen molar-refractivity contribution in [1.29, 1.82) is 0 Å². The molecule has 0 spiro atoms. The molecule has 1 N–H and O–H groups in total. The lowest BCUT2D eigenvalue weighted by Crippen LogP contribution is -2.46. The summed E-state index contributed by atoms with van der Waals surface area (Å²) in [5.41, 5.74) is -1.56. The average molecular weight is 404 g/mol. The first-order chi connectivity index (χ1) is 13.3. The van der Waals surface area contributed by atoms with E-state index in [1.54, 1.807) is 18.2 Å². The summed E-state index contributed by atoms with van der Waals surface area (Å²) in [7, 11) is 0. The number of carboxylic acid groups (broad SMARTS) is 1. The van der Waals surface area contributed by atoms with E-state index in [2.05, 4.69) is 10.1 Å². The van der Waals surface area contributed by atoms with Crippen LogP contribution in [0.1, 0.15) is 28.9 Å². The van der Waals surface area contributed by atoms with Gasteiger partial charge in [0.2, 0.25) is 0 Å². The van der Waals surface area contributed by atoms with Crippen LogP contribution in [0.3, 0.4) is 0 Å². The zero-order chi connectivity index (χ0) is 20.3. The SMILES string of the molecule is CC(C(=O)O)(C(OC(=O)c1ccccc1)c1ccc(F)cc1Cl)n1cncn1. The molecule has 0 aliphatic rings. The molecule has 28 heavy (non-hydrogen) atoms. The van der Waals surface area contributed by atoms with Crippen LogP contribution in [0.15, 0.2) is 61.2 Å². The van der Waals surface area contributed by atoms with E-state index in [9.17, 15) is 19.1 Å². The lowest BCUT2D eigenvalue weighted by Gasteiger charge is -2.34. The third-order valence-corrected chi connectivity index (χ3v) is 4.64. The van der Waals surface area contributed by atoms with E-state index < -0.39 is 29.4 Å². The van der Waals surface area contributed by atoms with Crippen LogP contribution in [0.5, 0.6) is 0 Å². The second kappa shape index (κ2) is 7.77. The molecular weight excluding hydrogens is 389 g/mol. The van der Waals surface area contributed by atoms with Gasteiger partial charge in [-0.15, -0.1) is 0 Å². The highest BCUT2D eigenvalue weighted by atomic mass is 35.5. The molecule has 1 aromatic heterocycles. The van der Waals surface area contributed by atoms with Crippen molar-refractivity contribution >= 4 is 23.5 Å². The van der Waals surface area contributed by atoms with Gasteiger partial charge >= 0.3 is 11.9 Å². The highest BCUT2D eigenvalue weighted by Crippen LogP contribution is 2.39. The smallest absolute Gasteiger partial charge is 0.338 e. The van der Waals surface area contributed by atoms with Crippen molar-refractivity contribution in [3.8, 4) is 0 Å². The van der Waals surface area contributed by atoms with Gasteiger partial charge in [0.15, 0.2) is 11.6 Å². The Morgan fingerprint density at radius 3 is 2.54 bits per heavy atom. The van der Waals surface area contributed by atoms with Crippen LogP contribution in [0.4, 0.5) is 4.39 Å². The zero-order valence-electron chi connectivity index (χ0n) is 14.6.